The molecule has 0 radical (unpaired) electrons. The molecule has 0 aliphatic carbocycles. The summed E-state index contributed by atoms with van der Waals surface area (Å²) in [5, 5.41) is 0. The Bertz CT molecular complexity index is 613. The molecule has 2 aromatic rings. The van der Waals surface area contributed by atoms with Crippen LogP contribution in [-0.2, 0) is 11.8 Å². The molecular formula is C17H20N2O. The maximum atomic E-state index is 12.3. The zero-order chi connectivity index (χ0) is 14.8. The smallest absolute Gasteiger partial charge is 0.169 e. The molecule has 0 fully saturated rings. The molecule has 0 aliphatic heterocycles. The summed E-state index contributed by atoms with van der Waals surface area (Å²) in [6.07, 6.45) is 5.15. The lowest BCUT2D eigenvalue weighted by atomic mass is 9.85. The Hall–Kier alpha value is -2.03. The number of benzene rings is 1. The van der Waals surface area contributed by atoms with E-state index in [9.17, 15) is 4.79 Å². The lowest BCUT2D eigenvalue weighted by Crippen LogP contribution is -2.13. The highest BCUT2D eigenvalue weighted by Gasteiger charge is 2.17. The van der Waals surface area contributed by atoms with E-state index >= 15 is 0 Å². The van der Waals surface area contributed by atoms with E-state index in [1.165, 1.54) is 5.56 Å². The van der Waals surface area contributed by atoms with Gasteiger partial charge in [0.05, 0.1) is 12.1 Å². The number of ketones is 1. The molecular weight excluding hydrogens is 248 g/mol. The summed E-state index contributed by atoms with van der Waals surface area (Å²) in [5.41, 5.74) is 3.83. The fourth-order valence-electron chi connectivity index (χ4n) is 2.12. The van der Waals surface area contributed by atoms with Gasteiger partial charge >= 0.3 is 0 Å². The third-order valence-corrected chi connectivity index (χ3v) is 3.35. The minimum atomic E-state index is 0.0865. The summed E-state index contributed by atoms with van der Waals surface area (Å²) in [6, 6.07) is 6.06. The quantitative estimate of drug-likeness (QED) is 0.800. The van der Waals surface area contributed by atoms with Crippen LogP contribution in [0.2, 0.25) is 0 Å². The van der Waals surface area contributed by atoms with Crippen LogP contribution in [0.5, 0.6) is 0 Å². The van der Waals surface area contributed by atoms with Crippen LogP contribution < -0.4 is 0 Å². The van der Waals surface area contributed by atoms with E-state index < -0.39 is 0 Å². The monoisotopic (exact) mass is 268 g/mol. The summed E-state index contributed by atoms with van der Waals surface area (Å²) in [6.45, 7) is 8.49. The van der Waals surface area contributed by atoms with Crippen molar-refractivity contribution >= 4 is 5.78 Å². The van der Waals surface area contributed by atoms with Crippen molar-refractivity contribution in [3.8, 4) is 0 Å². The summed E-state index contributed by atoms with van der Waals surface area (Å²) in [4.78, 5) is 20.5. The fourth-order valence-corrected chi connectivity index (χ4v) is 2.12. The second kappa shape index (κ2) is 5.53. The third kappa shape index (κ3) is 3.29. The highest BCUT2D eigenvalue weighted by molar-refractivity contribution is 5.98. The highest BCUT2D eigenvalue weighted by atomic mass is 16.1. The summed E-state index contributed by atoms with van der Waals surface area (Å²) in [7, 11) is 0. The van der Waals surface area contributed by atoms with Crippen LogP contribution in [0.25, 0.3) is 0 Å². The van der Waals surface area contributed by atoms with Gasteiger partial charge in [-0.2, -0.15) is 0 Å². The molecule has 0 bridgehead atoms. The van der Waals surface area contributed by atoms with Crippen molar-refractivity contribution in [2.45, 2.75) is 39.5 Å². The minimum absolute atomic E-state index is 0.0865. The van der Waals surface area contributed by atoms with Crippen molar-refractivity contribution in [3.05, 3.63) is 59.2 Å². The van der Waals surface area contributed by atoms with Crippen molar-refractivity contribution in [2.75, 3.05) is 0 Å². The molecule has 0 spiro atoms. The van der Waals surface area contributed by atoms with E-state index in [-0.39, 0.29) is 11.2 Å². The van der Waals surface area contributed by atoms with Gasteiger partial charge in [0.15, 0.2) is 5.78 Å². The number of hydrogen-bond acceptors (Lipinski definition) is 3. The number of aromatic nitrogens is 2. The number of hydrogen-bond donors (Lipinski definition) is 0. The third-order valence-electron chi connectivity index (χ3n) is 3.35. The molecule has 1 heterocycles. The van der Waals surface area contributed by atoms with Gasteiger partial charge in [-0.25, -0.2) is 0 Å². The normalized spacial score (nSPS) is 11.4. The van der Waals surface area contributed by atoms with Crippen LogP contribution in [0.1, 0.15) is 48.0 Å². The Morgan fingerprint density at radius 1 is 1.20 bits per heavy atom. The zero-order valence-corrected chi connectivity index (χ0v) is 12.5. The summed E-state index contributed by atoms with van der Waals surface area (Å²) in [5.74, 6) is 0.0865. The van der Waals surface area contributed by atoms with Gasteiger partial charge in [0.2, 0.25) is 0 Å². The van der Waals surface area contributed by atoms with Crippen LogP contribution in [0.3, 0.4) is 0 Å². The van der Waals surface area contributed by atoms with Crippen molar-refractivity contribution in [3.63, 3.8) is 0 Å². The van der Waals surface area contributed by atoms with Crippen LogP contribution >= 0.6 is 0 Å². The van der Waals surface area contributed by atoms with Gasteiger partial charge in [0.25, 0.3) is 0 Å². The van der Waals surface area contributed by atoms with Crippen molar-refractivity contribution < 1.29 is 4.79 Å². The number of nitrogens with zero attached hydrogens (tertiary/aromatic N) is 2. The van der Waals surface area contributed by atoms with E-state index in [0.29, 0.717) is 12.1 Å². The van der Waals surface area contributed by atoms with Crippen LogP contribution in [0.4, 0.5) is 0 Å². The Morgan fingerprint density at radius 2 is 1.95 bits per heavy atom. The van der Waals surface area contributed by atoms with Crippen LogP contribution in [0, 0.1) is 6.92 Å². The topological polar surface area (TPSA) is 42.9 Å². The van der Waals surface area contributed by atoms with Gasteiger partial charge in [-0.1, -0.05) is 39.0 Å². The van der Waals surface area contributed by atoms with Gasteiger partial charge in [-0.15, -0.1) is 0 Å². The van der Waals surface area contributed by atoms with Gasteiger partial charge in [-0.05, 0) is 23.5 Å². The first-order chi connectivity index (χ1) is 9.38. The fraction of sp³-hybridized carbons (Fsp3) is 0.353. The maximum Gasteiger partial charge on any atom is 0.169 e. The molecule has 3 nitrogen and oxygen atoms in total. The lowest BCUT2D eigenvalue weighted by Gasteiger charge is -2.20. The standard InChI is InChI=1S/C17H20N2O/c1-12-9-13(17(2,3)4)5-6-15(12)16(20)10-14-11-18-7-8-19-14/h5-9,11H,10H2,1-4H3. The summed E-state index contributed by atoms with van der Waals surface area (Å²) >= 11 is 0. The Balaban J connectivity index is 2.23. The molecule has 1 aromatic carbocycles. The molecule has 0 unspecified atom stereocenters. The predicted molar refractivity (Wildman–Crippen MR) is 79.9 cm³/mol. The average Bonchev–Trinajstić information content (AvgIpc) is 2.38. The lowest BCUT2D eigenvalue weighted by molar-refractivity contribution is 0.0991. The minimum Gasteiger partial charge on any atom is -0.294 e. The van der Waals surface area contributed by atoms with Crippen molar-refractivity contribution in [2.24, 2.45) is 0 Å². The average molecular weight is 268 g/mol. The number of carbonyl (C=O) groups excluding carboxylic acids is 1. The van der Waals surface area contributed by atoms with Gasteiger partial charge < -0.3 is 0 Å². The maximum absolute atomic E-state index is 12.3. The van der Waals surface area contributed by atoms with E-state index in [1.807, 2.05) is 19.1 Å². The number of rotatable bonds is 3. The van der Waals surface area contributed by atoms with Gasteiger partial charge in [-0.3, -0.25) is 14.8 Å². The van der Waals surface area contributed by atoms with E-state index in [4.69, 9.17) is 0 Å². The molecule has 0 aliphatic rings. The second-order valence-electron chi connectivity index (χ2n) is 6.08. The Kier molecular flexibility index (Phi) is 3.98. The number of Topliss-reactive ketones (excluding diaryl/α,β-unsaturated/α-hetero) is 1. The molecule has 104 valence electrons. The van der Waals surface area contributed by atoms with E-state index in [1.54, 1.807) is 18.6 Å². The molecule has 0 saturated carbocycles. The van der Waals surface area contributed by atoms with Crippen LogP contribution in [0.15, 0.2) is 36.8 Å². The van der Waals surface area contributed by atoms with Gasteiger partial charge in [0.1, 0.15) is 0 Å². The van der Waals surface area contributed by atoms with E-state index in [0.717, 1.165) is 11.1 Å². The number of aryl methyl sites for hydroxylation is 1. The SMILES string of the molecule is Cc1cc(C(C)(C)C)ccc1C(=O)Cc1cnccn1. The molecule has 0 atom stereocenters. The zero-order valence-electron chi connectivity index (χ0n) is 12.5. The molecule has 3 heteroatoms. The van der Waals surface area contributed by atoms with Crippen molar-refractivity contribution in [1.82, 2.24) is 9.97 Å². The molecule has 0 saturated heterocycles. The van der Waals surface area contributed by atoms with Gasteiger partial charge in [0, 0.05) is 24.2 Å². The Labute approximate surface area is 120 Å². The molecule has 20 heavy (non-hydrogen) atoms. The Morgan fingerprint density at radius 3 is 2.50 bits per heavy atom. The van der Waals surface area contributed by atoms with E-state index in [2.05, 4.69) is 36.8 Å². The summed E-state index contributed by atoms with van der Waals surface area (Å²) < 4.78 is 0. The highest BCUT2D eigenvalue weighted by Crippen LogP contribution is 2.24. The molecule has 0 N–H and O–H groups in total. The molecule has 2 rings (SSSR count). The first-order valence-electron chi connectivity index (χ1n) is 6.77. The van der Waals surface area contributed by atoms with Crippen LogP contribution in [-0.4, -0.2) is 15.8 Å². The molecule has 0 amide bonds. The largest absolute Gasteiger partial charge is 0.294 e. The first kappa shape index (κ1) is 14.4. The van der Waals surface area contributed by atoms with Crippen molar-refractivity contribution in [1.29, 1.82) is 0 Å². The predicted octanol–water partition coefficient (Wildman–Crippen LogP) is 3.51. The number of carbonyl (C=O) groups is 1. The molecule has 1 aromatic heterocycles. The first-order valence-corrected chi connectivity index (χ1v) is 6.77. The second-order valence-corrected chi connectivity index (χ2v) is 6.08.